The maximum atomic E-state index is 15.1. The molecule has 2 saturated heterocycles. The summed E-state index contributed by atoms with van der Waals surface area (Å²) >= 11 is 6.13. The molecule has 0 saturated carbocycles. The predicted octanol–water partition coefficient (Wildman–Crippen LogP) is -1.11. The van der Waals surface area contributed by atoms with Crippen molar-refractivity contribution in [1.29, 1.82) is 0 Å². The zero-order chi connectivity index (χ0) is 70.2. The van der Waals surface area contributed by atoms with Crippen molar-refractivity contribution in [3.63, 3.8) is 0 Å². The Bertz CT molecular complexity index is 3460. The van der Waals surface area contributed by atoms with Crippen LogP contribution >= 0.6 is 11.6 Å². The first kappa shape index (κ1) is 75.1. The van der Waals surface area contributed by atoms with Gasteiger partial charge in [-0.05, 0) is 116 Å². The molecule has 0 aromatic heterocycles. The number of aliphatic hydroxyl groups excluding tert-OH is 1. The lowest BCUT2D eigenvalue weighted by Crippen LogP contribution is -2.61. The number of likely N-dealkylation sites (tertiary alicyclic amines) is 1. The number of nitrogens with zero attached hydrogens (tertiary/aromatic N) is 2. The summed E-state index contributed by atoms with van der Waals surface area (Å²) in [6.07, 6.45) is 0.194. The Hall–Kier alpha value is -9.90. The summed E-state index contributed by atoms with van der Waals surface area (Å²) in [6.45, 7) is 5.40. The average molecular weight is 1350 g/mol. The average Bonchev–Trinajstić information content (AvgIpc) is 1.53. The first-order valence-electron chi connectivity index (χ1n) is 31.9. The molecule has 2 heterocycles. The van der Waals surface area contributed by atoms with Gasteiger partial charge >= 0.3 is 0 Å². The summed E-state index contributed by atoms with van der Waals surface area (Å²) < 4.78 is 0. The highest BCUT2D eigenvalue weighted by Gasteiger charge is 2.40. The Balaban J connectivity index is 1.28. The third-order valence-electron chi connectivity index (χ3n) is 16.2. The number of carbonyl (C=O) groups excluding carboxylic acids is 12. The molecule has 0 aliphatic carbocycles. The van der Waals surface area contributed by atoms with E-state index in [-0.39, 0.29) is 101 Å². The van der Waals surface area contributed by atoms with Gasteiger partial charge in [0.05, 0.1) is 13.0 Å². The Morgan fingerprint density at radius 1 is 0.667 bits per heavy atom. The SMILES string of the molecule is CC(=O)N[C@@H]1CC(=O)NCCCC[C@H](C(=O)N[C@@H](CO)C(=O)N[C@@H](Cc2ccc(O)cc2)C(=O)N[C@H](Cc2ccc3ccccc3c2)C(=O)N[C@@H](CC(C)C)C(=O)N[C@@H](CCCN=C(N)N)C(=O)N2CCC[C@H]2C(=O)N[C@H](C)C(N)=O)NC(=O)[C@@H](Cc2ccc(Cl)cc2)NC1=O. The number of aromatic hydroxyl groups is 1. The molecule has 518 valence electrons. The number of amides is 12. The molecule has 2 aliphatic rings. The van der Waals surface area contributed by atoms with E-state index in [9.17, 15) is 58.2 Å². The first-order valence-corrected chi connectivity index (χ1v) is 32.3. The monoisotopic (exact) mass is 1350 g/mol. The van der Waals surface area contributed by atoms with Crippen LogP contribution in [-0.4, -0.2) is 179 Å². The molecule has 2 fully saturated rings. The lowest BCUT2D eigenvalue weighted by Gasteiger charge is -2.31. The normalized spacial score (nSPS) is 18.8. The van der Waals surface area contributed by atoms with Gasteiger partial charge in [-0.1, -0.05) is 92.2 Å². The fourth-order valence-corrected chi connectivity index (χ4v) is 11.2. The van der Waals surface area contributed by atoms with Crippen LogP contribution in [0.1, 0.15) is 102 Å². The number of rotatable bonds is 28. The van der Waals surface area contributed by atoms with Gasteiger partial charge in [-0.25, -0.2) is 0 Å². The number of aliphatic hydroxyl groups is 1. The van der Waals surface area contributed by atoms with Gasteiger partial charge in [-0.15, -0.1) is 0 Å². The number of phenolic OH excluding ortho intramolecular Hbond substituents is 1. The molecule has 2 aliphatic heterocycles. The summed E-state index contributed by atoms with van der Waals surface area (Å²) in [5.74, 6) is -10.2. The quantitative estimate of drug-likeness (QED) is 0.0182. The molecule has 0 unspecified atom stereocenters. The van der Waals surface area contributed by atoms with Crippen molar-refractivity contribution in [2.75, 3.05) is 26.2 Å². The number of phenols is 1. The Labute approximate surface area is 560 Å². The van der Waals surface area contributed by atoms with E-state index >= 15 is 9.59 Å². The minimum atomic E-state index is -1.80. The Kier molecular flexibility index (Phi) is 28.7. The van der Waals surface area contributed by atoms with Crippen LogP contribution in [0, 0.1) is 5.92 Å². The summed E-state index contributed by atoms with van der Waals surface area (Å²) in [5, 5.41) is 49.4. The second kappa shape index (κ2) is 36.7. The third kappa shape index (κ3) is 23.5. The molecular formula is C66H88ClN15O14. The van der Waals surface area contributed by atoms with Crippen molar-refractivity contribution < 1.29 is 67.7 Å². The van der Waals surface area contributed by atoms with Crippen LogP contribution in [0.2, 0.25) is 5.02 Å². The van der Waals surface area contributed by atoms with Gasteiger partial charge < -0.3 is 85.5 Å². The van der Waals surface area contributed by atoms with E-state index in [1.807, 2.05) is 36.4 Å². The van der Waals surface area contributed by atoms with Crippen LogP contribution in [0.3, 0.4) is 0 Å². The minimum absolute atomic E-state index is 0.0142. The van der Waals surface area contributed by atoms with Gasteiger partial charge in [-0.3, -0.25) is 62.5 Å². The van der Waals surface area contributed by atoms with E-state index in [0.29, 0.717) is 28.1 Å². The van der Waals surface area contributed by atoms with Gasteiger partial charge in [0.25, 0.3) is 0 Å². The van der Waals surface area contributed by atoms with Gasteiger partial charge in [-0.2, -0.15) is 0 Å². The molecular weight excluding hydrogens is 1260 g/mol. The number of halogens is 1. The number of hydrogen-bond acceptors (Lipinski definition) is 15. The molecule has 0 bridgehead atoms. The number of carbonyl (C=O) groups is 12. The highest BCUT2D eigenvalue weighted by atomic mass is 35.5. The number of nitrogens with one attached hydrogen (secondary N) is 10. The third-order valence-corrected chi connectivity index (χ3v) is 16.4. The van der Waals surface area contributed by atoms with Crippen molar-refractivity contribution in [3.05, 3.63) is 113 Å². The highest BCUT2D eigenvalue weighted by Crippen LogP contribution is 2.22. The molecule has 96 heavy (non-hydrogen) atoms. The van der Waals surface area contributed by atoms with Crippen LogP contribution in [0.5, 0.6) is 5.75 Å². The Morgan fingerprint density at radius 3 is 1.91 bits per heavy atom. The van der Waals surface area contributed by atoms with E-state index < -0.39 is 144 Å². The molecule has 4 aromatic carbocycles. The first-order chi connectivity index (χ1) is 45.7. The summed E-state index contributed by atoms with van der Waals surface area (Å²) in [7, 11) is 0. The molecule has 18 N–H and O–H groups in total. The van der Waals surface area contributed by atoms with Gasteiger partial charge in [0.1, 0.15) is 66.2 Å². The fourth-order valence-electron chi connectivity index (χ4n) is 11.1. The fraction of sp³-hybridized carbons (Fsp3) is 0.470. The van der Waals surface area contributed by atoms with Crippen molar-refractivity contribution >= 4 is 99.2 Å². The number of nitrogens with two attached hydrogens (primary N) is 3. The van der Waals surface area contributed by atoms with Crippen molar-refractivity contribution in [1.82, 2.24) is 58.1 Å². The van der Waals surface area contributed by atoms with Crippen molar-refractivity contribution in [2.24, 2.45) is 28.1 Å². The van der Waals surface area contributed by atoms with Crippen molar-refractivity contribution in [3.8, 4) is 5.75 Å². The van der Waals surface area contributed by atoms with Crippen LogP contribution in [0.25, 0.3) is 10.8 Å². The van der Waals surface area contributed by atoms with E-state index in [1.54, 1.807) is 44.2 Å². The highest BCUT2D eigenvalue weighted by molar-refractivity contribution is 6.30. The summed E-state index contributed by atoms with van der Waals surface area (Å²) in [6, 6.07) is 11.0. The number of primary amides is 1. The molecule has 0 spiro atoms. The van der Waals surface area contributed by atoms with E-state index in [1.165, 1.54) is 36.1 Å². The lowest BCUT2D eigenvalue weighted by atomic mass is 9.98. The van der Waals surface area contributed by atoms with Crippen LogP contribution in [-0.2, 0) is 76.8 Å². The van der Waals surface area contributed by atoms with Gasteiger partial charge in [0.2, 0.25) is 70.9 Å². The lowest BCUT2D eigenvalue weighted by molar-refractivity contribution is -0.142. The number of guanidine groups is 1. The second-order valence-electron chi connectivity index (χ2n) is 24.4. The van der Waals surface area contributed by atoms with Crippen molar-refractivity contribution in [2.45, 2.75) is 165 Å². The van der Waals surface area contributed by atoms with Crippen LogP contribution < -0.4 is 70.4 Å². The van der Waals surface area contributed by atoms with E-state index in [2.05, 4.69) is 58.2 Å². The largest absolute Gasteiger partial charge is 0.508 e. The molecule has 0 radical (unpaired) electrons. The zero-order valence-corrected chi connectivity index (χ0v) is 54.9. The number of aliphatic imine (C=N–C) groups is 1. The zero-order valence-electron chi connectivity index (χ0n) is 54.1. The Morgan fingerprint density at radius 2 is 1.27 bits per heavy atom. The number of benzene rings is 4. The van der Waals surface area contributed by atoms with Gasteiger partial charge in [0.15, 0.2) is 5.96 Å². The number of fused-ring (bicyclic) bond motifs is 1. The molecule has 6 rings (SSSR count). The molecule has 12 amide bonds. The maximum absolute atomic E-state index is 15.1. The minimum Gasteiger partial charge on any atom is -0.508 e. The summed E-state index contributed by atoms with van der Waals surface area (Å²) in [5.41, 5.74) is 18.0. The maximum Gasteiger partial charge on any atom is 0.245 e. The van der Waals surface area contributed by atoms with Crippen LogP contribution in [0.15, 0.2) is 96.0 Å². The standard InChI is InChI=1S/C66H88ClN15O14/c1-36(2)29-48(58(89)76-47(14-9-27-72-66(69)70)65(96)82-28-10-15-54(82)64(95)73-37(3)56(68)87)77-61(92)51(33-41-16-21-42-11-5-6-12-43(42)30-41)79-60(91)50(32-40-19-24-45(85)25-20-40)80-63(94)53(35-83)81-57(88)46-13-7-8-26-71-55(86)34-52(74-38(4)84)62(93)78-49(59(90)75-46)31-39-17-22-44(67)23-18-39/h5-6,11-12,16-25,30,36-37,46-54,83,85H,7-10,13-15,26-29,31-35H2,1-4H3,(H2,68,87)(H,71,86)(H,73,95)(H,74,84)(H,75,90)(H,76,89)(H,77,92)(H,78,93)(H,79,91)(H,80,94)(H,81,88)(H4,69,70,72)/t37-,46-,47+,48+,49-,50+,51-,52-,53+,54+/m1/s1. The second-order valence-corrected chi connectivity index (χ2v) is 24.8. The topological polar surface area (TPSA) is 459 Å². The molecule has 10 atom stereocenters. The predicted molar refractivity (Wildman–Crippen MR) is 355 cm³/mol. The smallest absolute Gasteiger partial charge is 0.245 e. The summed E-state index contributed by atoms with van der Waals surface area (Å²) in [4.78, 5) is 172. The van der Waals surface area contributed by atoms with Crippen LogP contribution in [0.4, 0.5) is 0 Å². The number of hydrogen-bond donors (Lipinski definition) is 15. The molecule has 30 heteroatoms. The molecule has 4 aromatic rings. The molecule has 29 nitrogen and oxygen atoms in total. The van der Waals surface area contributed by atoms with Gasteiger partial charge in [0, 0.05) is 50.8 Å². The van der Waals surface area contributed by atoms with E-state index in [4.69, 9.17) is 28.8 Å². The van der Waals surface area contributed by atoms with E-state index in [0.717, 1.165) is 17.7 Å².